The number of hydrogen-bond donors (Lipinski definition) is 1. The number of pyridine rings is 1. The Kier molecular flexibility index (Phi) is 1.60. The molecule has 2 N–H and O–H groups in total. The molecule has 2 rings (SSSR count). The van der Waals surface area contributed by atoms with Crippen molar-refractivity contribution in [3.8, 4) is 0 Å². The summed E-state index contributed by atoms with van der Waals surface area (Å²) in [7, 11) is 0. The zero-order valence-corrected chi connectivity index (χ0v) is 7.63. The third-order valence-electron chi connectivity index (χ3n) is 1.95. The molecule has 58 valence electrons. The van der Waals surface area contributed by atoms with Gasteiger partial charge in [-0.1, -0.05) is 15.9 Å². The predicted octanol–water partition coefficient (Wildman–Crippen LogP) is 2.30. The Morgan fingerprint density at radius 1 is 1.55 bits per heavy atom. The van der Waals surface area contributed by atoms with E-state index in [1.54, 1.807) is 6.20 Å². The molecule has 0 saturated heterocycles. The standard InChI is InChI=1S/C8H9BrN2/c9-6-3-4-11-8(10)7(6)5-1-2-5/h3-5H,1-2H2,(H2,10,11). The molecule has 3 heteroatoms. The molecule has 0 radical (unpaired) electrons. The molecule has 0 bridgehead atoms. The Labute approximate surface area is 73.9 Å². The first-order chi connectivity index (χ1) is 5.29. The molecule has 0 aliphatic heterocycles. The van der Waals surface area contributed by atoms with Gasteiger partial charge in [-0.3, -0.25) is 0 Å². The van der Waals surface area contributed by atoms with E-state index in [1.165, 1.54) is 18.4 Å². The minimum Gasteiger partial charge on any atom is -0.383 e. The van der Waals surface area contributed by atoms with E-state index in [9.17, 15) is 0 Å². The molecule has 2 nitrogen and oxygen atoms in total. The van der Waals surface area contributed by atoms with E-state index in [2.05, 4.69) is 20.9 Å². The quantitative estimate of drug-likeness (QED) is 0.777. The van der Waals surface area contributed by atoms with Crippen LogP contribution in [0, 0.1) is 0 Å². The maximum Gasteiger partial charge on any atom is 0.127 e. The van der Waals surface area contributed by atoms with Crippen molar-refractivity contribution in [1.29, 1.82) is 0 Å². The second-order valence-electron chi connectivity index (χ2n) is 2.87. The van der Waals surface area contributed by atoms with Gasteiger partial charge in [0, 0.05) is 16.2 Å². The number of hydrogen-bond acceptors (Lipinski definition) is 2. The summed E-state index contributed by atoms with van der Waals surface area (Å²) in [5.74, 6) is 1.35. The fourth-order valence-corrected chi connectivity index (χ4v) is 1.89. The molecule has 0 unspecified atom stereocenters. The lowest BCUT2D eigenvalue weighted by molar-refractivity contribution is 1.09. The minimum absolute atomic E-state index is 0.665. The van der Waals surface area contributed by atoms with Gasteiger partial charge in [-0.05, 0) is 24.8 Å². The number of nitrogens with two attached hydrogens (primary N) is 1. The molecular formula is C8H9BrN2. The zero-order valence-electron chi connectivity index (χ0n) is 6.05. The Balaban J connectivity index is 2.48. The fraction of sp³-hybridized carbons (Fsp3) is 0.375. The summed E-state index contributed by atoms with van der Waals surface area (Å²) in [5, 5.41) is 0. The summed E-state index contributed by atoms with van der Waals surface area (Å²) >= 11 is 3.47. The van der Waals surface area contributed by atoms with Gasteiger partial charge in [0.15, 0.2) is 0 Å². The largest absolute Gasteiger partial charge is 0.383 e. The molecule has 0 atom stereocenters. The fourth-order valence-electron chi connectivity index (χ4n) is 1.24. The number of aromatic nitrogens is 1. The third-order valence-corrected chi connectivity index (χ3v) is 2.64. The Hall–Kier alpha value is -0.570. The minimum atomic E-state index is 0.665. The molecule has 1 saturated carbocycles. The molecule has 1 heterocycles. The topological polar surface area (TPSA) is 38.9 Å². The van der Waals surface area contributed by atoms with Crippen LogP contribution in [0.2, 0.25) is 0 Å². The maximum atomic E-state index is 5.72. The van der Waals surface area contributed by atoms with E-state index in [4.69, 9.17) is 5.73 Å². The summed E-state index contributed by atoms with van der Waals surface area (Å²) in [4.78, 5) is 4.05. The molecule has 0 amide bonds. The summed E-state index contributed by atoms with van der Waals surface area (Å²) in [6.45, 7) is 0. The van der Waals surface area contributed by atoms with Crippen LogP contribution in [0.5, 0.6) is 0 Å². The molecule has 0 aromatic carbocycles. The van der Waals surface area contributed by atoms with Crippen molar-refractivity contribution in [2.75, 3.05) is 5.73 Å². The lowest BCUT2D eigenvalue weighted by atomic mass is 10.2. The van der Waals surface area contributed by atoms with Gasteiger partial charge in [-0.25, -0.2) is 4.98 Å². The molecule has 1 aromatic heterocycles. The van der Waals surface area contributed by atoms with Crippen molar-refractivity contribution in [3.05, 3.63) is 22.3 Å². The number of rotatable bonds is 1. The van der Waals surface area contributed by atoms with Gasteiger partial charge in [0.25, 0.3) is 0 Å². The first-order valence-corrected chi connectivity index (χ1v) is 4.48. The SMILES string of the molecule is Nc1nccc(Br)c1C1CC1. The van der Waals surface area contributed by atoms with Gasteiger partial charge in [0.2, 0.25) is 0 Å². The molecule has 1 aromatic rings. The molecule has 1 fully saturated rings. The van der Waals surface area contributed by atoms with Gasteiger partial charge in [0.1, 0.15) is 5.82 Å². The van der Waals surface area contributed by atoms with Gasteiger partial charge in [-0.15, -0.1) is 0 Å². The van der Waals surface area contributed by atoms with E-state index >= 15 is 0 Å². The van der Waals surface area contributed by atoms with Crippen LogP contribution in [-0.2, 0) is 0 Å². The predicted molar refractivity (Wildman–Crippen MR) is 48.3 cm³/mol. The van der Waals surface area contributed by atoms with Crippen molar-refractivity contribution < 1.29 is 0 Å². The van der Waals surface area contributed by atoms with Crippen LogP contribution in [0.4, 0.5) is 5.82 Å². The lowest BCUT2D eigenvalue weighted by Crippen LogP contribution is -1.96. The molecule has 1 aliphatic carbocycles. The molecular weight excluding hydrogens is 204 g/mol. The van der Waals surface area contributed by atoms with E-state index in [0.29, 0.717) is 11.7 Å². The van der Waals surface area contributed by atoms with Crippen molar-refractivity contribution in [1.82, 2.24) is 4.98 Å². The highest BCUT2D eigenvalue weighted by molar-refractivity contribution is 9.10. The number of nitrogen functional groups attached to an aromatic ring is 1. The summed E-state index contributed by atoms with van der Waals surface area (Å²) in [5.41, 5.74) is 6.92. The van der Waals surface area contributed by atoms with Gasteiger partial charge in [0.05, 0.1) is 0 Å². The summed E-state index contributed by atoms with van der Waals surface area (Å²) < 4.78 is 1.10. The second-order valence-corrected chi connectivity index (χ2v) is 3.72. The Morgan fingerprint density at radius 2 is 2.27 bits per heavy atom. The van der Waals surface area contributed by atoms with Crippen molar-refractivity contribution in [3.63, 3.8) is 0 Å². The van der Waals surface area contributed by atoms with E-state index in [-0.39, 0.29) is 0 Å². The van der Waals surface area contributed by atoms with Crippen LogP contribution in [0.25, 0.3) is 0 Å². The average molecular weight is 213 g/mol. The monoisotopic (exact) mass is 212 g/mol. The van der Waals surface area contributed by atoms with Crippen molar-refractivity contribution in [2.24, 2.45) is 0 Å². The van der Waals surface area contributed by atoms with Crippen LogP contribution in [0.1, 0.15) is 24.3 Å². The first-order valence-electron chi connectivity index (χ1n) is 3.69. The molecule has 0 spiro atoms. The first kappa shape index (κ1) is 7.10. The van der Waals surface area contributed by atoms with Crippen LogP contribution in [0.3, 0.4) is 0 Å². The number of anilines is 1. The highest BCUT2D eigenvalue weighted by atomic mass is 79.9. The second kappa shape index (κ2) is 2.48. The van der Waals surface area contributed by atoms with Crippen LogP contribution < -0.4 is 5.73 Å². The van der Waals surface area contributed by atoms with Crippen molar-refractivity contribution >= 4 is 21.7 Å². The summed E-state index contributed by atoms with van der Waals surface area (Å²) in [6, 6.07) is 1.95. The van der Waals surface area contributed by atoms with Gasteiger partial charge >= 0.3 is 0 Å². The van der Waals surface area contributed by atoms with Crippen LogP contribution >= 0.6 is 15.9 Å². The van der Waals surface area contributed by atoms with E-state index in [1.807, 2.05) is 6.07 Å². The summed E-state index contributed by atoms with van der Waals surface area (Å²) in [6.07, 6.45) is 4.24. The third kappa shape index (κ3) is 1.25. The highest BCUT2D eigenvalue weighted by Crippen LogP contribution is 2.45. The van der Waals surface area contributed by atoms with Gasteiger partial charge < -0.3 is 5.73 Å². The molecule has 1 aliphatic rings. The van der Waals surface area contributed by atoms with Crippen LogP contribution in [-0.4, -0.2) is 4.98 Å². The Morgan fingerprint density at radius 3 is 2.82 bits per heavy atom. The number of nitrogens with zero attached hydrogens (tertiary/aromatic N) is 1. The highest BCUT2D eigenvalue weighted by Gasteiger charge is 2.27. The average Bonchev–Trinajstić information content (AvgIpc) is 2.70. The Bertz CT molecular complexity index is 261. The lowest BCUT2D eigenvalue weighted by Gasteiger charge is -2.03. The zero-order chi connectivity index (χ0) is 7.84. The smallest absolute Gasteiger partial charge is 0.127 e. The number of halogens is 1. The van der Waals surface area contributed by atoms with Crippen molar-refractivity contribution in [2.45, 2.75) is 18.8 Å². The van der Waals surface area contributed by atoms with E-state index in [0.717, 1.165) is 4.47 Å². The normalized spacial score (nSPS) is 16.8. The maximum absolute atomic E-state index is 5.72. The molecule has 11 heavy (non-hydrogen) atoms. The van der Waals surface area contributed by atoms with Crippen LogP contribution in [0.15, 0.2) is 16.7 Å². The van der Waals surface area contributed by atoms with Gasteiger partial charge in [-0.2, -0.15) is 0 Å². The van der Waals surface area contributed by atoms with E-state index < -0.39 is 0 Å².